The van der Waals surface area contributed by atoms with Crippen molar-refractivity contribution >= 4 is 35.8 Å². The predicted octanol–water partition coefficient (Wildman–Crippen LogP) is 2.96. The van der Waals surface area contributed by atoms with Gasteiger partial charge in [-0.1, -0.05) is 102 Å². The first kappa shape index (κ1) is 29.9. The van der Waals surface area contributed by atoms with E-state index in [2.05, 4.69) is 41.5 Å². The summed E-state index contributed by atoms with van der Waals surface area (Å²) in [6.07, 6.45) is 0. The molecular weight excluding hydrogens is 447 g/mol. The standard InChI is InChI=1S/2C7H6O2.2C4H9.Sn/c2*8-7(9)6-4-2-1-3-5-6;2*1-4(2)3;/h2*1-5H,(H,8,9);2*1-3H3;/q;;;;+2/p-2. The van der Waals surface area contributed by atoms with E-state index in [0.29, 0.717) is 0 Å². The summed E-state index contributed by atoms with van der Waals surface area (Å²) in [5.74, 6) is 0.575. The van der Waals surface area contributed by atoms with Crippen LogP contribution in [0.2, 0.25) is 0 Å². The van der Waals surface area contributed by atoms with Crippen LogP contribution in [0.5, 0.6) is 0 Å². The molecule has 0 N–H and O–H groups in total. The molecule has 2 rings (SSSR count). The van der Waals surface area contributed by atoms with Crippen molar-refractivity contribution in [2.24, 2.45) is 0 Å². The van der Waals surface area contributed by atoms with Crippen molar-refractivity contribution in [1.82, 2.24) is 0 Å². The first-order valence-electron chi connectivity index (χ1n) is 8.14. The number of carboxylic acids is 2. The van der Waals surface area contributed by atoms with E-state index in [1.165, 1.54) is 36.1 Å². The fourth-order valence-electron chi connectivity index (χ4n) is 1.15. The van der Waals surface area contributed by atoms with Gasteiger partial charge in [-0.2, -0.15) is 0 Å². The summed E-state index contributed by atoms with van der Waals surface area (Å²) in [5.41, 5.74) is 0.440. The zero-order valence-corrected chi connectivity index (χ0v) is 19.8. The molecule has 0 aliphatic carbocycles. The molecule has 2 aromatic rings. The van der Waals surface area contributed by atoms with Crippen LogP contribution in [0, 0.1) is 11.8 Å². The van der Waals surface area contributed by atoms with Gasteiger partial charge >= 0.3 is 23.9 Å². The van der Waals surface area contributed by atoms with Crippen molar-refractivity contribution < 1.29 is 19.8 Å². The van der Waals surface area contributed by atoms with Gasteiger partial charge in [0.1, 0.15) is 0 Å². The predicted molar refractivity (Wildman–Crippen MR) is 108 cm³/mol. The van der Waals surface area contributed by atoms with E-state index in [9.17, 15) is 19.8 Å². The fraction of sp³-hybridized carbons (Fsp3) is 0.273. The summed E-state index contributed by atoms with van der Waals surface area (Å²) in [6, 6.07) is 16.1. The van der Waals surface area contributed by atoms with Crippen molar-refractivity contribution in [3.63, 3.8) is 0 Å². The summed E-state index contributed by atoms with van der Waals surface area (Å²) < 4.78 is 0. The van der Waals surface area contributed by atoms with Gasteiger partial charge in [0.15, 0.2) is 0 Å². The number of carbonyl (C=O) groups excluding carboxylic acids is 2. The average Bonchev–Trinajstić information content (AvgIpc) is 2.56. The topological polar surface area (TPSA) is 80.3 Å². The normalized spacial score (nSPS) is 8.59. The van der Waals surface area contributed by atoms with Crippen molar-refractivity contribution in [2.75, 3.05) is 0 Å². The Labute approximate surface area is 180 Å². The van der Waals surface area contributed by atoms with Crippen molar-refractivity contribution in [3.8, 4) is 0 Å². The molecule has 27 heavy (non-hydrogen) atoms. The Morgan fingerprint density at radius 1 is 0.556 bits per heavy atom. The molecule has 0 aromatic heterocycles. The van der Waals surface area contributed by atoms with E-state index in [-0.39, 0.29) is 35.0 Å². The Bertz CT molecular complexity index is 535. The van der Waals surface area contributed by atoms with E-state index in [1.54, 1.807) is 36.4 Å². The molecule has 0 aliphatic heterocycles. The molecule has 0 atom stereocenters. The van der Waals surface area contributed by atoms with E-state index >= 15 is 0 Å². The maximum absolute atomic E-state index is 10.1. The number of rotatable bonds is 2. The molecule has 5 heteroatoms. The Morgan fingerprint density at radius 2 is 0.741 bits per heavy atom. The van der Waals surface area contributed by atoms with Crippen LogP contribution in [0.4, 0.5) is 0 Å². The number of carbonyl (C=O) groups is 2. The molecule has 144 valence electrons. The SMILES string of the molecule is C[C](C)C.C[C](C)C.O=C([O-])c1ccccc1.O=C([O-])c1ccccc1.[Sn+2]. The molecular formula is C22H28O4Sn. The van der Waals surface area contributed by atoms with Gasteiger partial charge in [0.25, 0.3) is 0 Å². The maximum atomic E-state index is 10.1. The van der Waals surface area contributed by atoms with Crippen LogP contribution in [0.1, 0.15) is 62.3 Å². The number of carboxylic acid groups (broad SMARTS) is 2. The van der Waals surface area contributed by atoms with Gasteiger partial charge in [-0.05, 0) is 23.0 Å². The van der Waals surface area contributed by atoms with Gasteiger partial charge < -0.3 is 19.8 Å². The third-order valence-corrected chi connectivity index (χ3v) is 2.02. The molecule has 0 aliphatic rings. The Balaban J connectivity index is -0.000000303. The minimum Gasteiger partial charge on any atom is -0.545 e. The van der Waals surface area contributed by atoms with Crippen molar-refractivity contribution in [2.45, 2.75) is 41.5 Å². The van der Waals surface area contributed by atoms with Gasteiger partial charge in [-0.3, -0.25) is 0 Å². The van der Waals surface area contributed by atoms with Gasteiger partial charge in [0.2, 0.25) is 0 Å². The average molecular weight is 475 g/mol. The van der Waals surface area contributed by atoms with Crippen molar-refractivity contribution in [3.05, 3.63) is 83.6 Å². The zero-order chi connectivity index (χ0) is 20.5. The number of benzene rings is 2. The second-order valence-electron chi connectivity index (χ2n) is 6.31. The Hall–Kier alpha value is -1.82. The first-order chi connectivity index (χ1) is 12.1. The zero-order valence-electron chi connectivity index (χ0n) is 16.9. The number of hydrogen-bond donors (Lipinski definition) is 0. The number of hydrogen-bond acceptors (Lipinski definition) is 4. The molecule has 0 saturated heterocycles. The molecule has 0 saturated carbocycles. The smallest absolute Gasteiger partial charge is 0.545 e. The van der Waals surface area contributed by atoms with Crippen molar-refractivity contribution in [1.29, 1.82) is 0 Å². The van der Waals surface area contributed by atoms with Gasteiger partial charge in [-0.15, -0.1) is 0 Å². The Morgan fingerprint density at radius 3 is 0.852 bits per heavy atom. The monoisotopic (exact) mass is 476 g/mol. The summed E-state index contributed by atoms with van der Waals surface area (Å²) in [5, 5.41) is 20.2. The Kier molecular flexibility index (Phi) is 21.0. The largest absolute Gasteiger partial charge is 2.00 e. The second-order valence-corrected chi connectivity index (χ2v) is 6.31. The van der Waals surface area contributed by atoms with E-state index in [1.807, 2.05) is 0 Å². The second kappa shape index (κ2) is 19.0. The third-order valence-electron chi connectivity index (χ3n) is 2.02. The molecule has 0 spiro atoms. The van der Waals surface area contributed by atoms with Crippen LogP contribution in [-0.2, 0) is 0 Å². The van der Waals surface area contributed by atoms with Crippen LogP contribution >= 0.6 is 0 Å². The molecule has 0 bridgehead atoms. The fourth-order valence-corrected chi connectivity index (χ4v) is 1.15. The molecule has 0 heterocycles. The van der Waals surface area contributed by atoms with Gasteiger partial charge in [0.05, 0.1) is 11.9 Å². The van der Waals surface area contributed by atoms with E-state index < -0.39 is 11.9 Å². The van der Waals surface area contributed by atoms with Gasteiger partial charge in [-0.25, -0.2) is 0 Å². The van der Waals surface area contributed by atoms with E-state index in [4.69, 9.17) is 0 Å². The first-order valence-corrected chi connectivity index (χ1v) is 8.14. The van der Waals surface area contributed by atoms with Crippen LogP contribution in [-0.4, -0.2) is 35.8 Å². The van der Waals surface area contributed by atoms with Gasteiger partial charge in [0, 0.05) is 0 Å². The third kappa shape index (κ3) is 24.2. The summed E-state index contributed by atoms with van der Waals surface area (Å²) in [4.78, 5) is 20.2. The summed E-state index contributed by atoms with van der Waals surface area (Å²) >= 11 is 0. The maximum Gasteiger partial charge on any atom is 2.00 e. The quantitative estimate of drug-likeness (QED) is 0.626. The molecule has 4 radical (unpaired) electrons. The molecule has 0 fully saturated rings. The van der Waals surface area contributed by atoms with Crippen LogP contribution in [0.15, 0.2) is 60.7 Å². The molecule has 2 aromatic carbocycles. The van der Waals surface area contributed by atoms with E-state index in [0.717, 1.165) is 0 Å². The van der Waals surface area contributed by atoms with Crippen LogP contribution in [0.25, 0.3) is 0 Å². The summed E-state index contributed by atoms with van der Waals surface area (Å²) in [6.45, 7) is 12.5. The summed E-state index contributed by atoms with van der Waals surface area (Å²) in [7, 11) is 0. The minimum absolute atomic E-state index is 0. The van der Waals surface area contributed by atoms with Crippen LogP contribution < -0.4 is 10.2 Å². The van der Waals surface area contributed by atoms with Crippen LogP contribution in [0.3, 0.4) is 0 Å². The number of aromatic carboxylic acids is 2. The molecule has 4 nitrogen and oxygen atoms in total. The minimum atomic E-state index is -1.13. The molecule has 0 unspecified atom stereocenters. The molecule has 0 amide bonds.